The number of halogens is 2. The standard InChI is InChI=1S/C19H21Cl2N3O.C2H2O4/c20-17-5-4-15(12-18(17)21)24-19-3-1-2-14(16(19)13-22-24)6-7-23-8-10-25-11-9-23;3-1(4)2(5)6/h4-6,12-13H,1-3,7-11H2;(H,3,4)(H,5,6)/b14-6+;. The number of benzene rings is 1. The second-order valence-corrected chi connectivity index (χ2v) is 7.94. The molecule has 2 heterocycles. The van der Waals surface area contributed by atoms with Crippen LogP contribution >= 0.6 is 23.2 Å². The summed E-state index contributed by atoms with van der Waals surface area (Å²) in [4.78, 5) is 20.6. The Bertz CT molecular complexity index is 971. The van der Waals surface area contributed by atoms with Gasteiger partial charge < -0.3 is 14.9 Å². The molecular weight excluding hydrogens is 445 g/mol. The zero-order valence-corrected chi connectivity index (χ0v) is 18.3. The Labute approximate surface area is 189 Å². The minimum Gasteiger partial charge on any atom is -0.473 e. The van der Waals surface area contributed by atoms with Crippen molar-refractivity contribution in [1.82, 2.24) is 14.7 Å². The number of carboxylic acid groups (broad SMARTS) is 2. The predicted molar refractivity (Wildman–Crippen MR) is 117 cm³/mol. The number of hydrogen-bond acceptors (Lipinski definition) is 5. The number of ether oxygens (including phenoxy) is 1. The van der Waals surface area contributed by atoms with Gasteiger partial charge in [0.2, 0.25) is 0 Å². The second kappa shape index (κ2) is 10.8. The van der Waals surface area contributed by atoms with Crippen molar-refractivity contribution >= 4 is 40.7 Å². The summed E-state index contributed by atoms with van der Waals surface area (Å²) in [5.41, 5.74) is 4.90. The Kier molecular flexibility index (Phi) is 8.09. The normalized spacial score (nSPS) is 17.5. The van der Waals surface area contributed by atoms with Crippen LogP contribution in [-0.4, -0.2) is 69.7 Å². The van der Waals surface area contributed by atoms with Crippen LogP contribution in [0.4, 0.5) is 0 Å². The van der Waals surface area contributed by atoms with E-state index in [0.29, 0.717) is 10.0 Å². The summed E-state index contributed by atoms with van der Waals surface area (Å²) in [7, 11) is 0. The average Bonchev–Trinajstić information content (AvgIpc) is 3.20. The Hall–Kier alpha value is -2.39. The molecule has 1 aromatic carbocycles. The zero-order valence-electron chi connectivity index (χ0n) is 16.8. The van der Waals surface area contributed by atoms with Crippen molar-refractivity contribution < 1.29 is 24.5 Å². The van der Waals surface area contributed by atoms with Crippen LogP contribution in [0.1, 0.15) is 24.1 Å². The van der Waals surface area contributed by atoms with Crippen LogP contribution in [0.3, 0.4) is 0 Å². The molecule has 0 bridgehead atoms. The molecule has 10 heteroatoms. The maximum Gasteiger partial charge on any atom is 0.414 e. The fourth-order valence-electron chi connectivity index (χ4n) is 3.54. The Morgan fingerprint density at radius 1 is 1.10 bits per heavy atom. The third kappa shape index (κ3) is 6.07. The summed E-state index contributed by atoms with van der Waals surface area (Å²) in [5, 5.41) is 20.5. The molecule has 0 amide bonds. The molecule has 2 aliphatic rings. The lowest BCUT2D eigenvalue weighted by Gasteiger charge is -2.26. The fourth-order valence-corrected chi connectivity index (χ4v) is 3.83. The maximum absolute atomic E-state index is 9.10. The smallest absolute Gasteiger partial charge is 0.414 e. The summed E-state index contributed by atoms with van der Waals surface area (Å²) in [5.74, 6) is -3.65. The van der Waals surface area contributed by atoms with Gasteiger partial charge in [-0.05, 0) is 43.0 Å². The van der Waals surface area contributed by atoms with E-state index in [0.717, 1.165) is 57.8 Å². The molecule has 0 spiro atoms. The van der Waals surface area contributed by atoms with Crippen molar-refractivity contribution in [3.8, 4) is 5.69 Å². The Balaban J connectivity index is 0.000000401. The number of hydrogen-bond donors (Lipinski definition) is 2. The van der Waals surface area contributed by atoms with Crippen LogP contribution in [0.5, 0.6) is 0 Å². The molecular formula is C21H23Cl2N3O5. The van der Waals surface area contributed by atoms with Crippen molar-refractivity contribution in [3.05, 3.63) is 51.8 Å². The van der Waals surface area contributed by atoms with Crippen molar-refractivity contribution in [2.45, 2.75) is 19.3 Å². The number of fused-ring (bicyclic) bond motifs is 1. The first-order valence-corrected chi connectivity index (χ1v) is 10.6. The quantitative estimate of drug-likeness (QED) is 0.666. The molecule has 0 atom stereocenters. The first kappa shape index (κ1) is 23.3. The van der Waals surface area contributed by atoms with E-state index in [1.54, 1.807) is 0 Å². The molecule has 2 aromatic rings. The minimum absolute atomic E-state index is 0.558. The molecule has 2 N–H and O–H groups in total. The third-order valence-electron chi connectivity index (χ3n) is 5.10. The van der Waals surface area contributed by atoms with E-state index >= 15 is 0 Å². The zero-order chi connectivity index (χ0) is 22.4. The number of carbonyl (C=O) groups is 2. The SMILES string of the molecule is Clc1ccc(-n2ncc3c2CCC/C3=C\CN2CCOCC2)cc1Cl.O=C(O)C(=O)O. The molecule has 166 valence electrons. The molecule has 1 aliphatic carbocycles. The number of rotatable bonds is 3. The lowest BCUT2D eigenvalue weighted by molar-refractivity contribution is -0.159. The number of carboxylic acids is 2. The van der Waals surface area contributed by atoms with E-state index in [9.17, 15) is 0 Å². The van der Waals surface area contributed by atoms with E-state index in [4.69, 9.17) is 47.7 Å². The van der Waals surface area contributed by atoms with Crippen LogP contribution < -0.4 is 0 Å². The molecule has 1 saturated heterocycles. The number of morpholine rings is 1. The molecule has 31 heavy (non-hydrogen) atoms. The molecule has 8 nitrogen and oxygen atoms in total. The Morgan fingerprint density at radius 3 is 2.45 bits per heavy atom. The van der Waals surface area contributed by atoms with Gasteiger partial charge in [0.1, 0.15) is 0 Å². The van der Waals surface area contributed by atoms with Crippen LogP contribution in [0, 0.1) is 0 Å². The summed E-state index contributed by atoms with van der Waals surface area (Å²) in [6, 6.07) is 5.67. The first-order valence-electron chi connectivity index (χ1n) is 9.85. The molecule has 0 saturated carbocycles. The molecule has 1 fully saturated rings. The fraction of sp³-hybridized carbons (Fsp3) is 0.381. The van der Waals surface area contributed by atoms with Gasteiger partial charge in [-0.25, -0.2) is 14.3 Å². The van der Waals surface area contributed by atoms with Crippen molar-refractivity contribution in [1.29, 1.82) is 0 Å². The number of aromatic nitrogens is 2. The number of allylic oxidation sites excluding steroid dienone is 1. The number of nitrogens with zero attached hydrogens (tertiary/aromatic N) is 3. The van der Waals surface area contributed by atoms with Gasteiger partial charge >= 0.3 is 11.9 Å². The minimum atomic E-state index is -1.82. The van der Waals surface area contributed by atoms with E-state index < -0.39 is 11.9 Å². The van der Waals surface area contributed by atoms with Crippen LogP contribution in [0.15, 0.2) is 30.5 Å². The largest absolute Gasteiger partial charge is 0.473 e. The van der Waals surface area contributed by atoms with Gasteiger partial charge in [0.15, 0.2) is 0 Å². The lowest BCUT2D eigenvalue weighted by atomic mass is 9.92. The van der Waals surface area contributed by atoms with E-state index in [-0.39, 0.29) is 0 Å². The van der Waals surface area contributed by atoms with Gasteiger partial charge in [-0.1, -0.05) is 29.3 Å². The molecule has 0 unspecified atom stereocenters. The summed E-state index contributed by atoms with van der Waals surface area (Å²) >= 11 is 12.2. The molecule has 4 rings (SSSR count). The maximum atomic E-state index is 9.10. The highest BCUT2D eigenvalue weighted by atomic mass is 35.5. The molecule has 0 radical (unpaired) electrons. The van der Waals surface area contributed by atoms with E-state index in [1.807, 2.05) is 29.1 Å². The van der Waals surface area contributed by atoms with Gasteiger partial charge in [-0.15, -0.1) is 0 Å². The van der Waals surface area contributed by atoms with E-state index in [2.05, 4.69) is 16.1 Å². The molecule has 1 aliphatic heterocycles. The number of aliphatic carboxylic acids is 2. The van der Waals surface area contributed by atoms with Gasteiger partial charge in [0.05, 0.1) is 40.8 Å². The van der Waals surface area contributed by atoms with Crippen LogP contribution in [-0.2, 0) is 20.7 Å². The van der Waals surface area contributed by atoms with Gasteiger partial charge in [-0.2, -0.15) is 5.10 Å². The average molecular weight is 468 g/mol. The van der Waals surface area contributed by atoms with Gasteiger partial charge in [0, 0.05) is 25.2 Å². The monoisotopic (exact) mass is 467 g/mol. The summed E-state index contributed by atoms with van der Waals surface area (Å²) < 4.78 is 7.42. The second-order valence-electron chi connectivity index (χ2n) is 7.12. The highest BCUT2D eigenvalue weighted by Crippen LogP contribution is 2.33. The van der Waals surface area contributed by atoms with Gasteiger partial charge in [-0.3, -0.25) is 4.90 Å². The van der Waals surface area contributed by atoms with Crippen LogP contribution in [0.2, 0.25) is 10.0 Å². The Morgan fingerprint density at radius 2 is 1.81 bits per heavy atom. The van der Waals surface area contributed by atoms with Crippen LogP contribution in [0.25, 0.3) is 11.3 Å². The first-order chi connectivity index (χ1) is 14.9. The van der Waals surface area contributed by atoms with Gasteiger partial charge in [0.25, 0.3) is 0 Å². The summed E-state index contributed by atoms with van der Waals surface area (Å²) in [6.45, 7) is 4.68. The third-order valence-corrected chi connectivity index (χ3v) is 5.84. The molecule has 1 aromatic heterocycles. The van der Waals surface area contributed by atoms with E-state index in [1.165, 1.54) is 16.8 Å². The highest BCUT2D eigenvalue weighted by molar-refractivity contribution is 6.42. The highest BCUT2D eigenvalue weighted by Gasteiger charge is 2.20. The predicted octanol–water partition coefficient (Wildman–Crippen LogP) is 3.39. The van der Waals surface area contributed by atoms with Crippen molar-refractivity contribution in [3.63, 3.8) is 0 Å². The summed E-state index contributed by atoms with van der Waals surface area (Å²) in [6.07, 6.45) is 7.65. The van der Waals surface area contributed by atoms with Crippen molar-refractivity contribution in [2.75, 3.05) is 32.8 Å². The lowest BCUT2D eigenvalue weighted by Crippen LogP contribution is -2.36. The van der Waals surface area contributed by atoms with Crippen molar-refractivity contribution in [2.24, 2.45) is 0 Å². The topological polar surface area (TPSA) is 105 Å².